The normalized spacial score (nSPS) is 19.3. The van der Waals surface area contributed by atoms with Gasteiger partial charge in [0.05, 0.1) is 19.3 Å². The number of aliphatic carboxylic acids is 1. The van der Waals surface area contributed by atoms with Crippen LogP contribution in [0, 0.1) is 5.92 Å². The highest BCUT2D eigenvalue weighted by Gasteiger charge is 2.38. The highest BCUT2D eigenvalue weighted by atomic mass is 16.5. The van der Waals surface area contributed by atoms with Crippen molar-refractivity contribution in [1.82, 2.24) is 10.2 Å². The van der Waals surface area contributed by atoms with Crippen LogP contribution in [0.5, 0.6) is 0 Å². The summed E-state index contributed by atoms with van der Waals surface area (Å²) in [6.45, 7) is 2.23. The minimum atomic E-state index is -0.985. The number of carbonyl (C=O) groups excluding carboxylic acids is 2. The van der Waals surface area contributed by atoms with Gasteiger partial charge in [-0.2, -0.15) is 0 Å². The van der Waals surface area contributed by atoms with Crippen molar-refractivity contribution < 1.29 is 29.0 Å². The molecule has 2 aromatic carbocycles. The summed E-state index contributed by atoms with van der Waals surface area (Å²) in [6, 6.07) is 15.7. The molecule has 0 radical (unpaired) electrons. The zero-order valence-corrected chi connectivity index (χ0v) is 19.2. The van der Waals surface area contributed by atoms with Crippen LogP contribution in [0.2, 0.25) is 0 Å². The van der Waals surface area contributed by atoms with Crippen LogP contribution in [0.1, 0.15) is 24.0 Å². The van der Waals surface area contributed by atoms with E-state index in [0.29, 0.717) is 5.57 Å². The first-order chi connectivity index (χ1) is 16.4. The molecule has 0 spiro atoms. The number of amides is 2. The number of carbonyl (C=O) groups is 3. The molecule has 2 amide bonds. The van der Waals surface area contributed by atoms with Crippen molar-refractivity contribution in [2.45, 2.75) is 18.9 Å². The van der Waals surface area contributed by atoms with Gasteiger partial charge in [-0.05, 0) is 29.2 Å². The number of benzene rings is 2. The molecule has 2 unspecified atom stereocenters. The molecular weight excluding hydrogens is 436 g/mol. The van der Waals surface area contributed by atoms with Gasteiger partial charge in [0.25, 0.3) is 0 Å². The second-order valence-corrected chi connectivity index (χ2v) is 8.56. The van der Waals surface area contributed by atoms with Crippen molar-refractivity contribution in [1.29, 1.82) is 0 Å². The van der Waals surface area contributed by atoms with Gasteiger partial charge in [0.1, 0.15) is 12.5 Å². The molecule has 1 aliphatic heterocycles. The Balaban J connectivity index is 1.30. The number of alkyl carbamates (subject to hydrolysis) is 1. The van der Waals surface area contributed by atoms with E-state index in [-0.39, 0.29) is 38.2 Å². The lowest BCUT2D eigenvalue weighted by Crippen LogP contribution is -2.44. The zero-order valence-electron chi connectivity index (χ0n) is 19.2. The molecule has 8 nitrogen and oxygen atoms in total. The second-order valence-electron chi connectivity index (χ2n) is 8.56. The Kier molecular flexibility index (Phi) is 6.98. The Morgan fingerprint density at radius 1 is 1.09 bits per heavy atom. The van der Waals surface area contributed by atoms with E-state index in [1.54, 1.807) is 20.0 Å². The van der Waals surface area contributed by atoms with Gasteiger partial charge in [-0.3, -0.25) is 9.59 Å². The third kappa shape index (κ3) is 4.68. The largest absolute Gasteiger partial charge is 0.481 e. The maximum absolute atomic E-state index is 12.7. The first kappa shape index (κ1) is 23.5. The maximum atomic E-state index is 12.7. The number of ether oxygens (including phenoxy) is 2. The molecule has 2 N–H and O–H groups in total. The summed E-state index contributed by atoms with van der Waals surface area (Å²) in [5.41, 5.74) is 4.99. The number of hydrogen-bond acceptors (Lipinski definition) is 5. The summed E-state index contributed by atoms with van der Waals surface area (Å²) in [4.78, 5) is 37.7. The third-order valence-electron chi connectivity index (χ3n) is 6.52. The number of nitrogens with one attached hydrogen (secondary N) is 1. The van der Waals surface area contributed by atoms with Crippen LogP contribution in [0.25, 0.3) is 11.1 Å². The van der Waals surface area contributed by atoms with E-state index in [4.69, 9.17) is 9.47 Å². The molecular formula is C26H28N2O6. The van der Waals surface area contributed by atoms with E-state index in [1.807, 2.05) is 24.3 Å². The van der Waals surface area contributed by atoms with Crippen LogP contribution in [-0.2, 0) is 19.1 Å². The van der Waals surface area contributed by atoms with Gasteiger partial charge >= 0.3 is 12.1 Å². The lowest BCUT2D eigenvalue weighted by Gasteiger charge is -2.26. The molecule has 8 heteroatoms. The molecule has 4 rings (SSSR count). The second kappa shape index (κ2) is 10.1. The molecule has 34 heavy (non-hydrogen) atoms. The Morgan fingerprint density at radius 3 is 2.32 bits per heavy atom. The summed E-state index contributed by atoms with van der Waals surface area (Å²) in [5, 5.41) is 11.9. The molecule has 2 atom stereocenters. The molecule has 0 bridgehead atoms. The number of fused-ring (bicyclic) bond motifs is 3. The molecule has 1 aliphatic carbocycles. The minimum Gasteiger partial charge on any atom is -0.481 e. The molecule has 1 heterocycles. The Bertz CT molecular complexity index is 1080. The predicted molar refractivity (Wildman–Crippen MR) is 125 cm³/mol. The summed E-state index contributed by atoms with van der Waals surface area (Å²) in [6.07, 6.45) is 1.02. The van der Waals surface area contributed by atoms with Gasteiger partial charge in [-0.25, -0.2) is 4.79 Å². The quantitative estimate of drug-likeness (QED) is 0.611. The van der Waals surface area contributed by atoms with Gasteiger partial charge in [0.2, 0.25) is 5.91 Å². The average molecular weight is 465 g/mol. The zero-order chi connectivity index (χ0) is 24.2. The fourth-order valence-corrected chi connectivity index (χ4v) is 4.61. The molecule has 1 fully saturated rings. The van der Waals surface area contributed by atoms with Crippen LogP contribution in [0.15, 0.2) is 60.2 Å². The van der Waals surface area contributed by atoms with Gasteiger partial charge in [0, 0.05) is 25.1 Å². The van der Waals surface area contributed by atoms with Crippen molar-refractivity contribution in [3.63, 3.8) is 0 Å². The van der Waals surface area contributed by atoms with Crippen LogP contribution in [-0.4, -0.2) is 67.4 Å². The number of likely N-dealkylation sites (N-methyl/N-ethyl adjacent to an activating group) is 1. The van der Waals surface area contributed by atoms with Crippen LogP contribution in [0.3, 0.4) is 0 Å². The first-order valence-electron chi connectivity index (χ1n) is 11.2. The van der Waals surface area contributed by atoms with Gasteiger partial charge in [-0.15, -0.1) is 0 Å². The monoisotopic (exact) mass is 464 g/mol. The van der Waals surface area contributed by atoms with E-state index in [2.05, 4.69) is 29.6 Å². The molecule has 0 saturated carbocycles. The van der Waals surface area contributed by atoms with E-state index in [9.17, 15) is 19.5 Å². The number of hydrogen-bond donors (Lipinski definition) is 2. The van der Waals surface area contributed by atoms with E-state index in [1.165, 1.54) is 4.90 Å². The summed E-state index contributed by atoms with van der Waals surface area (Å²) in [7, 11) is 1.56. The smallest absolute Gasteiger partial charge is 0.407 e. The summed E-state index contributed by atoms with van der Waals surface area (Å²) in [5.74, 6) is -2.07. The summed E-state index contributed by atoms with van der Waals surface area (Å²) >= 11 is 0. The fourth-order valence-electron chi connectivity index (χ4n) is 4.61. The van der Waals surface area contributed by atoms with Gasteiger partial charge in [-0.1, -0.05) is 54.6 Å². The lowest BCUT2D eigenvalue weighted by atomic mass is 9.98. The van der Waals surface area contributed by atoms with Crippen molar-refractivity contribution in [2.75, 3.05) is 33.4 Å². The SMILES string of the molecule is C/C(=C\CNC(=O)OCC1c2ccccc2-c2ccccc21)C(=O)N(C)C1COCC1C(=O)O. The van der Waals surface area contributed by atoms with E-state index < -0.39 is 24.0 Å². The Morgan fingerprint density at radius 2 is 1.71 bits per heavy atom. The number of carboxylic acids is 1. The minimum absolute atomic E-state index is 0.0264. The molecule has 178 valence electrons. The lowest BCUT2D eigenvalue weighted by molar-refractivity contribution is -0.144. The van der Waals surface area contributed by atoms with Gasteiger partial charge in [0.15, 0.2) is 0 Å². The maximum Gasteiger partial charge on any atom is 0.407 e. The van der Waals surface area contributed by atoms with Crippen molar-refractivity contribution >= 4 is 18.0 Å². The van der Waals surface area contributed by atoms with Crippen molar-refractivity contribution in [3.05, 3.63) is 71.3 Å². The average Bonchev–Trinajstić information content (AvgIpc) is 3.45. The summed E-state index contributed by atoms with van der Waals surface area (Å²) < 4.78 is 10.7. The molecule has 2 aromatic rings. The van der Waals surface area contributed by atoms with Crippen LogP contribution >= 0.6 is 0 Å². The van der Waals surface area contributed by atoms with E-state index in [0.717, 1.165) is 22.3 Å². The van der Waals surface area contributed by atoms with Crippen LogP contribution < -0.4 is 5.32 Å². The first-order valence-corrected chi connectivity index (χ1v) is 11.2. The molecule has 1 saturated heterocycles. The topological polar surface area (TPSA) is 105 Å². The number of rotatable bonds is 7. The number of carboxylic acid groups (broad SMARTS) is 1. The van der Waals surface area contributed by atoms with Crippen LogP contribution in [0.4, 0.5) is 4.79 Å². The van der Waals surface area contributed by atoms with Gasteiger partial charge < -0.3 is 24.8 Å². The van der Waals surface area contributed by atoms with Crippen molar-refractivity contribution in [3.8, 4) is 11.1 Å². The van der Waals surface area contributed by atoms with Crippen molar-refractivity contribution in [2.24, 2.45) is 5.92 Å². The van der Waals surface area contributed by atoms with E-state index >= 15 is 0 Å². The third-order valence-corrected chi connectivity index (χ3v) is 6.52. The molecule has 0 aromatic heterocycles. The predicted octanol–water partition coefficient (Wildman–Crippen LogP) is 3.03. The Hall–Kier alpha value is -3.65. The number of nitrogens with zero attached hydrogens (tertiary/aromatic N) is 1. The highest BCUT2D eigenvalue weighted by Crippen LogP contribution is 2.44. The Labute approximate surface area is 198 Å². The fraction of sp³-hybridized carbons (Fsp3) is 0.346. The highest BCUT2D eigenvalue weighted by molar-refractivity contribution is 5.93. The standard InChI is InChI=1S/C26H28N2O6/c1-16(24(29)28(2)23-15-33-13-22(23)25(30)31)11-12-27-26(32)34-14-21-19-9-5-3-7-17(19)18-8-4-6-10-20(18)21/h3-11,21-23H,12-15H2,1-2H3,(H,27,32)(H,30,31)/b16-11+. The molecule has 2 aliphatic rings.